The molecule has 0 bridgehead atoms. The maximum Gasteiger partial charge on any atom is 0.100 e. The number of thiophene rings is 2. The highest BCUT2D eigenvalue weighted by molar-refractivity contribution is 7.26. The first kappa shape index (κ1) is 24.5. The normalized spacial score (nSPS) is 11.3. The Morgan fingerprint density at radius 1 is 0.405 bits per heavy atom. The van der Waals surface area contributed by atoms with Crippen LogP contribution >= 0.6 is 22.7 Å². The van der Waals surface area contributed by atoms with Gasteiger partial charge < -0.3 is 0 Å². The van der Waals surface area contributed by atoms with Gasteiger partial charge in [-0.3, -0.25) is 0 Å². The van der Waals surface area contributed by atoms with Crippen molar-refractivity contribution >= 4 is 63.0 Å². The van der Waals surface area contributed by atoms with E-state index >= 15 is 0 Å². The van der Waals surface area contributed by atoms with Crippen molar-refractivity contribution in [2.45, 2.75) is 0 Å². The van der Waals surface area contributed by atoms with Crippen molar-refractivity contribution in [1.29, 1.82) is 10.5 Å². The smallest absolute Gasteiger partial charge is 0.100 e. The number of nitriles is 2. The van der Waals surface area contributed by atoms with Crippen LogP contribution in [0, 0.1) is 22.7 Å². The molecule has 42 heavy (non-hydrogen) atoms. The van der Waals surface area contributed by atoms with E-state index < -0.39 is 0 Å². The Labute approximate surface area is 250 Å². The number of hydrogen-bond donors (Lipinski definition) is 0. The average molecular weight is 569 g/mol. The van der Waals surface area contributed by atoms with Gasteiger partial charge in [0.1, 0.15) is 6.07 Å². The number of benzene rings is 6. The van der Waals surface area contributed by atoms with Crippen LogP contribution in [-0.4, -0.2) is 0 Å². The zero-order valence-corrected chi connectivity index (χ0v) is 23.9. The SMILES string of the molecule is N#Cc1ccccc1-c1cc(-c2ccc3c(c2)sc2ccccc23)cc(-c2ccc3c(c2)sc2ccccc23)c1C#N. The van der Waals surface area contributed by atoms with Crippen molar-refractivity contribution < 1.29 is 0 Å². The fraction of sp³-hybridized carbons (Fsp3) is 0. The predicted octanol–water partition coefficient (Wildman–Crippen LogP) is 11.2. The van der Waals surface area contributed by atoms with Crippen molar-refractivity contribution in [2.75, 3.05) is 0 Å². The lowest BCUT2D eigenvalue weighted by Gasteiger charge is -2.15. The van der Waals surface area contributed by atoms with Crippen molar-refractivity contribution in [1.82, 2.24) is 0 Å². The molecule has 4 heteroatoms. The molecule has 0 saturated carbocycles. The van der Waals surface area contributed by atoms with Gasteiger partial charge in [0, 0.05) is 57.0 Å². The van der Waals surface area contributed by atoms with Gasteiger partial charge in [0.2, 0.25) is 0 Å². The van der Waals surface area contributed by atoms with E-state index in [0.717, 1.165) is 33.4 Å². The summed E-state index contributed by atoms with van der Waals surface area (Å²) in [4.78, 5) is 0. The van der Waals surface area contributed by atoms with Gasteiger partial charge in [-0.05, 0) is 59.2 Å². The van der Waals surface area contributed by atoms with E-state index in [1.807, 2.05) is 24.3 Å². The second-order valence-electron chi connectivity index (χ2n) is 10.3. The van der Waals surface area contributed by atoms with Crippen LogP contribution in [0.2, 0.25) is 0 Å². The third-order valence-electron chi connectivity index (χ3n) is 7.99. The molecule has 8 rings (SSSR count). The van der Waals surface area contributed by atoms with E-state index in [-0.39, 0.29) is 0 Å². The molecule has 0 unspecified atom stereocenters. The highest BCUT2D eigenvalue weighted by atomic mass is 32.1. The molecule has 0 aliphatic carbocycles. The molecule has 0 saturated heterocycles. The fourth-order valence-electron chi connectivity index (χ4n) is 5.98. The summed E-state index contributed by atoms with van der Waals surface area (Å²) >= 11 is 3.56. The highest BCUT2D eigenvalue weighted by Crippen LogP contribution is 2.42. The molecular formula is C38H20N2S2. The summed E-state index contributed by atoms with van der Waals surface area (Å²) in [5.74, 6) is 0. The molecule has 0 amide bonds. The molecule has 0 aliphatic heterocycles. The van der Waals surface area contributed by atoms with Crippen molar-refractivity contribution in [3.8, 4) is 45.5 Å². The monoisotopic (exact) mass is 568 g/mol. The molecular weight excluding hydrogens is 549 g/mol. The molecule has 8 aromatic rings. The summed E-state index contributed by atoms with van der Waals surface area (Å²) in [6.07, 6.45) is 0. The minimum atomic E-state index is 0.553. The lowest BCUT2D eigenvalue weighted by Crippen LogP contribution is -1.94. The van der Waals surface area contributed by atoms with E-state index in [0.29, 0.717) is 11.1 Å². The van der Waals surface area contributed by atoms with E-state index in [1.54, 1.807) is 22.7 Å². The summed E-state index contributed by atoms with van der Waals surface area (Å²) in [5, 5.41) is 25.5. The minimum Gasteiger partial charge on any atom is -0.192 e. The van der Waals surface area contributed by atoms with Gasteiger partial charge in [-0.2, -0.15) is 10.5 Å². The van der Waals surface area contributed by atoms with Gasteiger partial charge in [-0.15, -0.1) is 22.7 Å². The van der Waals surface area contributed by atoms with Crippen LogP contribution in [0.15, 0.2) is 121 Å². The fourth-order valence-corrected chi connectivity index (χ4v) is 8.27. The van der Waals surface area contributed by atoms with Crippen molar-refractivity contribution in [3.63, 3.8) is 0 Å². The molecule has 2 heterocycles. The molecule has 2 nitrogen and oxygen atoms in total. The third-order valence-corrected chi connectivity index (χ3v) is 10.3. The van der Waals surface area contributed by atoms with Crippen molar-refractivity contribution in [2.24, 2.45) is 0 Å². The van der Waals surface area contributed by atoms with Crippen LogP contribution in [-0.2, 0) is 0 Å². The second-order valence-corrected chi connectivity index (χ2v) is 12.5. The molecule has 0 spiro atoms. The average Bonchev–Trinajstić information content (AvgIpc) is 3.61. The molecule has 194 valence electrons. The van der Waals surface area contributed by atoms with Crippen LogP contribution < -0.4 is 0 Å². The Kier molecular flexibility index (Phi) is 5.66. The first-order valence-electron chi connectivity index (χ1n) is 13.6. The van der Waals surface area contributed by atoms with Crippen LogP contribution in [0.1, 0.15) is 11.1 Å². The van der Waals surface area contributed by atoms with Gasteiger partial charge in [0.05, 0.1) is 17.2 Å². The summed E-state index contributed by atoms with van der Waals surface area (Å²) in [7, 11) is 0. The van der Waals surface area contributed by atoms with E-state index in [2.05, 4.69) is 109 Å². The number of rotatable bonds is 3. The number of nitrogens with zero attached hydrogens (tertiary/aromatic N) is 2. The Morgan fingerprint density at radius 3 is 1.62 bits per heavy atom. The summed E-state index contributed by atoms with van der Waals surface area (Å²) < 4.78 is 4.93. The minimum absolute atomic E-state index is 0.553. The van der Waals surface area contributed by atoms with Gasteiger partial charge in [-0.25, -0.2) is 0 Å². The molecule has 0 aliphatic rings. The van der Waals surface area contributed by atoms with Gasteiger partial charge >= 0.3 is 0 Å². The molecule has 0 radical (unpaired) electrons. The Morgan fingerprint density at radius 2 is 0.952 bits per heavy atom. The molecule has 6 aromatic carbocycles. The third kappa shape index (κ3) is 3.82. The second kappa shape index (κ2) is 9.68. The van der Waals surface area contributed by atoms with E-state index in [9.17, 15) is 10.5 Å². The molecule has 2 aromatic heterocycles. The number of hydrogen-bond acceptors (Lipinski definition) is 4. The van der Waals surface area contributed by atoms with Crippen LogP contribution in [0.5, 0.6) is 0 Å². The first-order chi connectivity index (χ1) is 20.7. The predicted molar refractivity (Wildman–Crippen MR) is 178 cm³/mol. The van der Waals surface area contributed by atoms with E-state index in [1.165, 1.54) is 40.3 Å². The van der Waals surface area contributed by atoms with E-state index in [4.69, 9.17) is 0 Å². The Hall–Kier alpha value is -5.26. The number of fused-ring (bicyclic) bond motifs is 6. The molecule has 0 fully saturated rings. The lowest BCUT2D eigenvalue weighted by atomic mass is 9.87. The van der Waals surface area contributed by atoms with Crippen molar-refractivity contribution in [3.05, 3.63) is 132 Å². The topological polar surface area (TPSA) is 47.6 Å². The largest absolute Gasteiger partial charge is 0.192 e. The first-order valence-corrected chi connectivity index (χ1v) is 15.3. The Balaban J connectivity index is 1.40. The maximum absolute atomic E-state index is 10.6. The quantitative estimate of drug-likeness (QED) is 0.213. The van der Waals surface area contributed by atoms with Crippen LogP contribution in [0.4, 0.5) is 0 Å². The van der Waals surface area contributed by atoms with Crippen LogP contribution in [0.3, 0.4) is 0 Å². The standard InChI is InChI=1S/C38H20N2S2/c39-21-25-7-1-2-8-27(25)33-18-26(23-13-15-30-28-9-3-5-11-35(28)41-37(30)19-23)17-32(34(33)22-40)24-14-16-31-29-10-4-6-12-36(29)42-38(31)20-24/h1-20H. The van der Waals surface area contributed by atoms with Gasteiger partial charge in [0.25, 0.3) is 0 Å². The van der Waals surface area contributed by atoms with Crippen LogP contribution in [0.25, 0.3) is 73.7 Å². The summed E-state index contributed by atoms with van der Waals surface area (Å²) in [5.41, 5.74) is 6.63. The summed E-state index contributed by atoms with van der Waals surface area (Å²) in [6.45, 7) is 0. The Bertz CT molecular complexity index is 2450. The molecule has 0 N–H and O–H groups in total. The molecule has 0 atom stereocenters. The zero-order valence-electron chi connectivity index (χ0n) is 22.3. The highest BCUT2D eigenvalue weighted by Gasteiger charge is 2.19. The lowest BCUT2D eigenvalue weighted by molar-refractivity contribution is 1.45. The maximum atomic E-state index is 10.6. The van der Waals surface area contributed by atoms with Gasteiger partial charge in [-0.1, -0.05) is 78.9 Å². The van der Waals surface area contributed by atoms with Gasteiger partial charge in [0.15, 0.2) is 0 Å². The summed E-state index contributed by atoms with van der Waals surface area (Å²) in [6, 6.07) is 46.7. The zero-order chi connectivity index (χ0) is 28.2.